The first kappa shape index (κ1) is 14.4. The van der Waals surface area contributed by atoms with Gasteiger partial charge in [0.25, 0.3) is 0 Å². The first-order valence-corrected chi connectivity index (χ1v) is 6.14. The molecule has 18 heavy (non-hydrogen) atoms. The molecule has 0 aromatic rings. The van der Waals surface area contributed by atoms with Crippen LogP contribution in [0, 0.1) is 5.41 Å². The van der Waals surface area contributed by atoms with Gasteiger partial charge >= 0.3 is 5.97 Å². The molecule has 1 aliphatic carbocycles. The number of hydrogen-bond acceptors (Lipinski definition) is 2. The molecule has 0 bridgehead atoms. The highest BCUT2D eigenvalue weighted by Crippen LogP contribution is 2.25. The highest BCUT2D eigenvalue weighted by atomic mass is 16.4. The Balaban J connectivity index is 3.05. The molecular weight excluding hydrogens is 228 g/mol. The Kier molecular flexibility index (Phi) is 4.65. The van der Waals surface area contributed by atoms with Crippen LogP contribution in [-0.2, 0) is 9.59 Å². The van der Waals surface area contributed by atoms with E-state index in [4.69, 9.17) is 5.11 Å². The summed E-state index contributed by atoms with van der Waals surface area (Å²) in [6, 6.07) is 0. The molecule has 0 spiro atoms. The zero-order valence-corrected chi connectivity index (χ0v) is 11.2. The van der Waals surface area contributed by atoms with E-state index in [9.17, 15) is 9.59 Å². The van der Waals surface area contributed by atoms with Gasteiger partial charge in [0.2, 0.25) is 0 Å². The van der Waals surface area contributed by atoms with Crippen molar-refractivity contribution in [1.82, 2.24) is 0 Å². The lowest BCUT2D eigenvalue weighted by atomic mass is 9.87. The van der Waals surface area contributed by atoms with Crippen molar-refractivity contribution < 1.29 is 14.7 Å². The van der Waals surface area contributed by atoms with Gasteiger partial charge in [0.05, 0.1) is 0 Å². The van der Waals surface area contributed by atoms with Gasteiger partial charge in [0, 0.05) is 5.57 Å². The lowest BCUT2D eigenvalue weighted by Gasteiger charge is -2.17. The van der Waals surface area contributed by atoms with Gasteiger partial charge < -0.3 is 5.11 Å². The number of ketones is 1. The zero-order valence-electron chi connectivity index (χ0n) is 11.2. The van der Waals surface area contributed by atoms with Crippen molar-refractivity contribution in [3.8, 4) is 0 Å². The Hall–Kier alpha value is -1.64. The second-order valence-corrected chi connectivity index (χ2v) is 5.35. The van der Waals surface area contributed by atoms with Crippen LogP contribution in [0.15, 0.2) is 35.5 Å². The minimum atomic E-state index is -0.869. The molecule has 0 fully saturated rings. The van der Waals surface area contributed by atoms with E-state index in [0.717, 1.165) is 0 Å². The van der Waals surface area contributed by atoms with Gasteiger partial charge in [-0.3, -0.25) is 4.79 Å². The van der Waals surface area contributed by atoms with Crippen LogP contribution in [-0.4, -0.2) is 16.9 Å². The summed E-state index contributed by atoms with van der Waals surface area (Å²) in [5.74, 6) is -0.867. The normalized spacial score (nSPS) is 28.3. The monoisotopic (exact) mass is 248 g/mol. The summed E-state index contributed by atoms with van der Waals surface area (Å²) in [5, 5.41) is 9.10. The molecule has 3 heteroatoms. The molecule has 1 rings (SSSR count). The number of rotatable bonds is 1. The number of aliphatic carboxylic acids is 1. The molecule has 98 valence electrons. The number of carbonyl (C=O) groups excluding carboxylic acids is 1. The van der Waals surface area contributed by atoms with E-state index in [1.807, 2.05) is 26.0 Å². The van der Waals surface area contributed by atoms with Gasteiger partial charge in [-0.05, 0) is 43.3 Å². The first-order valence-electron chi connectivity index (χ1n) is 6.14. The van der Waals surface area contributed by atoms with Gasteiger partial charge in [0.15, 0.2) is 5.78 Å². The summed E-state index contributed by atoms with van der Waals surface area (Å²) in [6.45, 7) is 5.75. The molecule has 0 aromatic heterocycles. The van der Waals surface area contributed by atoms with E-state index in [1.165, 1.54) is 0 Å². The highest BCUT2D eigenvalue weighted by molar-refractivity contribution is 6.03. The molecule has 1 aliphatic rings. The standard InChI is InChI=1S/C15H20O3/c1-11-5-4-6-12(14(17)18)7-9-15(2,3)10-8-13(11)16/h5,7-8,10H,4,6,9H2,1-3H3,(H,17,18)/b10-8+,11-5+,12-7+. The molecule has 0 saturated carbocycles. The average molecular weight is 248 g/mol. The Labute approximate surface area is 108 Å². The minimum Gasteiger partial charge on any atom is -0.478 e. The highest BCUT2D eigenvalue weighted by Gasteiger charge is 2.16. The van der Waals surface area contributed by atoms with E-state index < -0.39 is 5.97 Å². The molecule has 0 unspecified atom stereocenters. The lowest BCUT2D eigenvalue weighted by Crippen LogP contribution is -2.08. The van der Waals surface area contributed by atoms with E-state index in [-0.39, 0.29) is 11.2 Å². The van der Waals surface area contributed by atoms with Gasteiger partial charge in [0.1, 0.15) is 0 Å². The molecule has 0 radical (unpaired) electrons. The Morgan fingerprint density at radius 2 is 2.00 bits per heavy atom. The van der Waals surface area contributed by atoms with E-state index >= 15 is 0 Å². The van der Waals surface area contributed by atoms with Gasteiger partial charge in [-0.25, -0.2) is 4.79 Å². The summed E-state index contributed by atoms with van der Waals surface area (Å²) in [6.07, 6.45) is 8.70. The van der Waals surface area contributed by atoms with Crippen molar-refractivity contribution in [2.24, 2.45) is 5.41 Å². The average Bonchev–Trinajstić information content (AvgIpc) is 2.30. The predicted octanol–water partition coefficient (Wildman–Crippen LogP) is 3.28. The van der Waals surface area contributed by atoms with Crippen LogP contribution in [0.3, 0.4) is 0 Å². The summed E-state index contributed by atoms with van der Waals surface area (Å²) >= 11 is 0. The maximum Gasteiger partial charge on any atom is 0.331 e. The molecule has 0 aliphatic heterocycles. The fourth-order valence-electron chi connectivity index (χ4n) is 1.73. The number of allylic oxidation sites excluding steroid dienone is 5. The molecule has 0 atom stereocenters. The third-order valence-corrected chi connectivity index (χ3v) is 3.09. The number of carboxylic acids is 1. The molecular formula is C15H20O3. The molecule has 3 nitrogen and oxygen atoms in total. The summed E-state index contributed by atoms with van der Waals surface area (Å²) in [4.78, 5) is 22.8. The van der Waals surface area contributed by atoms with Crippen LogP contribution >= 0.6 is 0 Å². The molecule has 0 amide bonds. The van der Waals surface area contributed by atoms with Gasteiger partial charge in [-0.2, -0.15) is 0 Å². The number of carboxylic acid groups (broad SMARTS) is 1. The number of carbonyl (C=O) groups is 2. The quantitative estimate of drug-likeness (QED) is 0.774. The number of hydrogen-bond donors (Lipinski definition) is 1. The maximum absolute atomic E-state index is 11.8. The summed E-state index contributed by atoms with van der Waals surface area (Å²) < 4.78 is 0. The van der Waals surface area contributed by atoms with Crippen LogP contribution in [0.4, 0.5) is 0 Å². The van der Waals surface area contributed by atoms with Crippen molar-refractivity contribution in [2.75, 3.05) is 0 Å². The molecule has 0 aromatic carbocycles. The smallest absolute Gasteiger partial charge is 0.331 e. The lowest BCUT2D eigenvalue weighted by molar-refractivity contribution is -0.132. The van der Waals surface area contributed by atoms with Crippen molar-refractivity contribution in [3.63, 3.8) is 0 Å². The largest absolute Gasteiger partial charge is 0.478 e. The Morgan fingerprint density at radius 3 is 2.61 bits per heavy atom. The van der Waals surface area contributed by atoms with Crippen molar-refractivity contribution in [1.29, 1.82) is 0 Å². The topological polar surface area (TPSA) is 54.4 Å². The third-order valence-electron chi connectivity index (χ3n) is 3.09. The third kappa shape index (κ3) is 4.32. The predicted molar refractivity (Wildman–Crippen MR) is 71.3 cm³/mol. The van der Waals surface area contributed by atoms with Crippen molar-refractivity contribution in [2.45, 2.75) is 40.0 Å². The second kappa shape index (κ2) is 5.80. The van der Waals surface area contributed by atoms with Crippen molar-refractivity contribution >= 4 is 11.8 Å². The van der Waals surface area contributed by atoms with Gasteiger partial charge in [-0.15, -0.1) is 0 Å². The molecule has 0 saturated heterocycles. The minimum absolute atomic E-state index is 0.00171. The second-order valence-electron chi connectivity index (χ2n) is 5.35. The SMILES string of the molecule is C/C1=C\CC/C(C(=O)O)=C\CC(C)(C)/C=C/C1=O. The fraction of sp³-hybridized carbons (Fsp3) is 0.467. The zero-order chi connectivity index (χ0) is 13.8. The van der Waals surface area contributed by atoms with Gasteiger partial charge in [-0.1, -0.05) is 32.1 Å². The van der Waals surface area contributed by atoms with Crippen LogP contribution in [0.2, 0.25) is 0 Å². The van der Waals surface area contributed by atoms with E-state index in [2.05, 4.69) is 0 Å². The summed E-state index contributed by atoms with van der Waals surface area (Å²) in [5.41, 5.74) is 0.893. The first-order chi connectivity index (χ1) is 8.32. The Morgan fingerprint density at radius 1 is 1.33 bits per heavy atom. The van der Waals surface area contributed by atoms with Crippen molar-refractivity contribution in [3.05, 3.63) is 35.5 Å². The molecule has 0 heterocycles. The fourth-order valence-corrected chi connectivity index (χ4v) is 1.73. The van der Waals surface area contributed by atoms with Crippen LogP contribution in [0.25, 0.3) is 0 Å². The van der Waals surface area contributed by atoms with E-state index in [0.29, 0.717) is 30.4 Å². The van der Waals surface area contributed by atoms with Crippen LogP contribution in [0.5, 0.6) is 0 Å². The van der Waals surface area contributed by atoms with E-state index in [1.54, 1.807) is 19.1 Å². The molecule has 1 N–H and O–H groups in total. The summed E-state index contributed by atoms with van der Waals surface area (Å²) in [7, 11) is 0. The van der Waals surface area contributed by atoms with Crippen LogP contribution < -0.4 is 0 Å². The maximum atomic E-state index is 11.8. The Bertz CT molecular complexity index is 437. The van der Waals surface area contributed by atoms with Crippen LogP contribution in [0.1, 0.15) is 40.0 Å².